The first-order valence-corrected chi connectivity index (χ1v) is 6.74. The number of fused-ring (bicyclic) bond motifs is 1. The van der Waals surface area contributed by atoms with E-state index in [9.17, 15) is 4.79 Å². The van der Waals surface area contributed by atoms with Gasteiger partial charge in [-0.15, -0.1) is 0 Å². The minimum Gasteiger partial charge on any atom is -0.348 e. The molecule has 3 rings (SSSR count). The van der Waals surface area contributed by atoms with Gasteiger partial charge in [-0.25, -0.2) is 4.98 Å². The van der Waals surface area contributed by atoms with Crippen LogP contribution in [0, 0.1) is 6.92 Å². The summed E-state index contributed by atoms with van der Waals surface area (Å²) in [5.74, 6) is -0.103. The second-order valence-electron chi connectivity index (χ2n) is 5.12. The highest BCUT2D eigenvalue weighted by atomic mass is 16.2. The molecule has 2 aromatic heterocycles. The molecule has 1 amide bonds. The number of carbonyl (C=O) groups excluding carboxylic acids is 1. The van der Waals surface area contributed by atoms with Crippen LogP contribution in [0.25, 0.3) is 10.9 Å². The third-order valence-corrected chi connectivity index (χ3v) is 3.63. The van der Waals surface area contributed by atoms with Crippen LogP contribution in [0.15, 0.2) is 30.6 Å². The van der Waals surface area contributed by atoms with Gasteiger partial charge < -0.3 is 9.88 Å². The highest BCUT2D eigenvalue weighted by molar-refractivity contribution is 6.04. The number of aromatic amines is 1. The Morgan fingerprint density at radius 3 is 2.86 bits per heavy atom. The topological polar surface area (TPSA) is 66.8 Å². The van der Waals surface area contributed by atoms with E-state index in [1.54, 1.807) is 23.0 Å². The molecule has 3 aromatic rings. The molecule has 0 aliphatic carbocycles. The van der Waals surface area contributed by atoms with Crippen LogP contribution in [0.4, 0.5) is 0 Å². The van der Waals surface area contributed by atoms with E-state index in [1.165, 1.54) is 0 Å². The second-order valence-corrected chi connectivity index (χ2v) is 5.12. The van der Waals surface area contributed by atoms with Crippen LogP contribution in [0.2, 0.25) is 0 Å². The van der Waals surface area contributed by atoms with Crippen molar-refractivity contribution in [2.45, 2.75) is 13.5 Å². The number of H-pyrrole nitrogens is 1. The van der Waals surface area contributed by atoms with Crippen molar-refractivity contribution in [2.75, 3.05) is 7.05 Å². The maximum atomic E-state index is 12.6. The molecule has 0 atom stereocenters. The highest BCUT2D eigenvalue weighted by Crippen LogP contribution is 2.19. The largest absolute Gasteiger partial charge is 0.348 e. The van der Waals surface area contributed by atoms with Gasteiger partial charge in [0.15, 0.2) is 5.69 Å². The molecule has 0 radical (unpaired) electrons. The normalized spacial score (nSPS) is 11.0. The molecule has 21 heavy (non-hydrogen) atoms. The molecule has 6 heteroatoms. The number of aryl methyl sites for hydroxylation is 2. The summed E-state index contributed by atoms with van der Waals surface area (Å²) in [7, 11) is 3.61. The summed E-state index contributed by atoms with van der Waals surface area (Å²) < 4.78 is 1.73. The maximum absolute atomic E-state index is 12.6. The first-order chi connectivity index (χ1) is 10.1. The zero-order valence-corrected chi connectivity index (χ0v) is 12.3. The smallest absolute Gasteiger partial charge is 0.275 e. The summed E-state index contributed by atoms with van der Waals surface area (Å²) in [4.78, 5) is 21.5. The number of nitrogens with one attached hydrogen (secondary N) is 1. The van der Waals surface area contributed by atoms with Gasteiger partial charge in [0.1, 0.15) is 0 Å². The lowest BCUT2D eigenvalue weighted by Crippen LogP contribution is -2.27. The molecule has 0 bridgehead atoms. The van der Waals surface area contributed by atoms with Crippen molar-refractivity contribution in [2.24, 2.45) is 7.05 Å². The minimum absolute atomic E-state index is 0.103. The fourth-order valence-corrected chi connectivity index (χ4v) is 2.40. The molecule has 6 nitrogen and oxygen atoms in total. The Hall–Kier alpha value is -2.63. The number of imidazole rings is 1. The van der Waals surface area contributed by atoms with E-state index in [-0.39, 0.29) is 5.91 Å². The third kappa shape index (κ3) is 2.29. The van der Waals surface area contributed by atoms with E-state index in [4.69, 9.17) is 0 Å². The van der Waals surface area contributed by atoms with E-state index in [1.807, 2.05) is 38.2 Å². The molecule has 0 unspecified atom stereocenters. The highest BCUT2D eigenvalue weighted by Gasteiger charge is 2.20. The van der Waals surface area contributed by atoms with Crippen LogP contribution >= 0.6 is 0 Å². The Morgan fingerprint density at radius 1 is 1.38 bits per heavy atom. The molecule has 2 heterocycles. The van der Waals surface area contributed by atoms with E-state index in [0.717, 1.165) is 22.3 Å². The number of benzene rings is 1. The van der Waals surface area contributed by atoms with Crippen LogP contribution in [0.1, 0.15) is 21.9 Å². The van der Waals surface area contributed by atoms with Gasteiger partial charge >= 0.3 is 0 Å². The molecule has 0 saturated carbocycles. The zero-order valence-electron chi connectivity index (χ0n) is 12.3. The first kappa shape index (κ1) is 13.4. The number of amides is 1. The summed E-state index contributed by atoms with van der Waals surface area (Å²) in [5, 5.41) is 5.23. The number of aromatic nitrogens is 4. The van der Waals surface area contributed by atoms with E-state index >= 15 is 0 Å². The molecular formula is C15H17N5O. The van der Waals surface area contributed by atoms with Crippen molar-refractivity contribution in [1.29, 1.82) is 0 Å². The van der Waals surface area contributed by atoms with E-state index < -0.39 is 0 Å². The molecular weight excluding hydrogens is 266 g/mol. The van der Waals surface area contributed by atoms with Gasteiger partial charge in [-0.2, -0.15) is 5.10 Å². The molecule has 0 aliphatic rings. The first-order valence-electron chi connectivity index (χ1n) is 6.74. The van der Waals surface area contributed by atoms with Crippen molar-refractivity contribution >= 4 is 16.8 Å². The number of carbonyl (C=O) groups is 1. The van der Waals surface area contributed by atoms with Crippen LogP contribution in [0.3, 0.4) is 0 Å². The monoisotopic (exact) mass is 283 g/mol. The number of hydrogen-bond donors (Lipinski definition) is 1. The van der Waals surface area contributed by atoms with E-state index in [2.05, 4.69) is 15.1 Å². The Bertz CT molecular complexity index is 801. The summed E-state index contributed by atoms with van der Waals surface area (Å²) in [5.41, 5.74) is 3.26. The summed E-state index contributed by atoms with van der Waals surface area (Å²) in [6, 6.07) is 7.73. The molecule has 0 saturated heterocycles. The number of para-hydroxylation sites is 1. The van der Waals surface area contributed by atoms with Crippen molar-refractivity contribution in [3.05, 3.63) is 47.7 Å². The van der Waals surface area contributed by atoms with Crippen LogP contribution < -0.4 is 0 Å². The fraction of sp³-hybridized carbons (Fsp3) is 0.267. The lowest BCUT2D eigenvalue weighted by Gasteiger charge is -2.15. The Kier molecular flexibility index (Phi) is 3.21. The van der Waals surface area contributed by atoms with Gasteiger partial charge in [-0.3, -0.25) is 9.48 Å². The van der Waals surface area contributed by atoms with Gasteiger partial charge in [0.05, 0.1) is 24.1 Å². The Labute approximate surface area is 122 Å². The average Bonchev–Trinajstić information content (AvgIpc) is 3.03. The van der Waals surface area contributed by atoms with Crippen molar-refractivity contribution < 1.29 is 4.79 Å². The molecule has 0 spiro atoms. The van der Waals surface area contributed by atoms with Crippen LogP contribution in [0.5, 0.6) is 0 Å². The lowest BCUT2D eigenvalue weighted by molar-refractivity contribution is 0.0778. The van der Waals surface area contributed by atoms with Crippen molar-refractivity contribution in [1.82, 2.24) is 24.6 Å². The van der Waals surface area contributed by atoms with Gasteiger partial charge in [0.2, 0.25) is 0 Å². The number of nitrogens with zero attached hydrogens (tertiary/aromatic N) is 4. The SMILES string of the molecule is Cc1[nH]cnc1CN(C)C(=O)c1nn(C)c2ccccc12. The Balaban J connectivity index is 1.92. The number of hydrogen-bond acceptors (Lipinski definition) is 3. The second kappa shape index (κ2) is 5.05. The molecule has 1 aromatic carbocycles. The zero-order chi connectivity index (χ0) is 15.0. The summed E-state index contributed by atoms with van der Waals surface area (Å²) in [6.07, 6.45) is 1.64. The average molecular weight is 283 g/mol. The predicted molar refractivity (Wildman–Crippen MR) is 79.8 cm³/mol. The van der Waals surface area contributed by atoms with Crippen LogP contribution in [-0.2, 0) is 13.6 Å². The summed E-state index contributed by atoms with van der Waals surface area (Å²) >= 11 is 0. The van der Waals surface area contributed by atoms with Crippen LogP contribution in [-0.4, -0.2) is 37.6 Å². The van der Waals surface area contributed by atoms with Gasteiger partial charge in [0, 0.05) is 25.2 Å². The molecule has 0 aliphatic heterocycles. The Morgan fingerprint density at radius 2 is 2.14 bits per heavy atom. The molecule has 1 N–H and O–H groups in total. The molecule has 0 fully saturated rings. The minimum atomic E-state index is -0.103. The number of rotatable bonds is 3. The van der Waals surface area contributed by atoms with Gasteiger partial charge in [-0.1, -0.05) is 18.2 Å². The van der Waals surface area contributed by atoms with E-state index in [0.29, 0.717) is 12.2 Å². The summed E-state index contributed by atoms with van der Waals surface area (Å²) in [6.45, 7) is 2.40. The fourth-order valence-electron chi connectivity index (χ4n) is 2.40. The maximum Gasteiger partial charge on any atom is 0.275 e. The third-order valence-electron chi connectivity index (χ3n) is 3.63. The quantitative estimate of drug-likeness (QED) is 0.798. The van der Waals surface area contributed by atoms with Crippen molar-refractivity contribution in [3.8, 4) is 0 Å². The molecule has 108 valence electrons. The van der Waals surface area contributed by atoms with Gasteiger partial charge in [-0.05, 0) is 13.0 Å². The van der Waals surface area contributed by atoms with Gasteiger partial charge in [0.25, 0.3) is 5.91 Å². The predicted octanol–water partition coefficient (Wildman–Crippen LogP) is 1.88. The van der Waals surface area contributed by atoms with Crippen molar-refractivity contribution in [3.63, 3.8) is 0 Å². The standard InChI is InChI=1S/C15H17N5O/c1-10-12(17-9-16-10)8-19(2)15(21)14-11-6-4-5-7-13(11)20(3)18-14/h4-7,9H,8H2,1-3H3,(H,16,17). The lowest BCUT2D eigenvalue weighted by atomic mass is 10.2.